The van der Waals surface area contributed by atoms with Gasteiger partial charge in [-0.3, -0.25) is 0 Å². The smallest absolute Gasteiger partial charge is 0.319 e. The number of carbonyl (C=O) groups excluding carboxylic acids is 1. The number of nitrogens with zero attached hydrogens (tertiary/aromatic N) is 2. The third-order valence-electron chi connectivity index (χ3n) is 4.64. The molecular formula is C23H30N4O. The summed E-state index contributed by atoms with van der Waals surface area (Å²) in [4.78, 5) is 14.5. The Morgan fingerprint density at radius 2 is 1.82 bits per heavy atom. The van der Waals surface area contributed by atoms with E-state index in [4.69, 9.17) is 0 Å². The van der Waals surface area contributed by atoms with Gasteiger partial charge in [0.2, 0.25) is 0 Å². The van der Waals surface area contributed by atoms with Gasteiger partial charge >= 0.3 is 6.03 Å². The number of hydrogen-bond donors (Lipinski definition) is 2. The minimum atomic E-state index is -0.194. The van der Waals surface area contributed by atoms with E-state index in [1.807, 2.05) is 38.4 Å². The summed E-state index contributed by atoms with van der Waals surface area (Å²) in [7, 11) is 4.09. The van der Waals surface area contributed by atoms with Gasteiger partial charge in [-0.05, 0) is 55.4 Å². The molecule has 0 aliphatic carbocycles. The van der Waals surface area contributed by atoms with Gasteiger partial charge in [0.25, 0.3) is 0 Å². The molecular weight excluding hydrogens is 348 g/mol. The molecule has 0 aliphatic heterocycles. The van der Waals surface area contributed by atoms with E-state index in [0.717, 1.165) is 29.7 Å². The Morgan fingerprint density at radius 1 is 1.07 bits per heavy atom. The highest BCUT2D eigenvalue weighted by Crippen LogP contribution is 2.21. The average molecular weight is 379 g/mol. The first-order chi connectivity index (χ1) is 13.4. The molecule has 1 aromatic heterocycles. The Kier molecular flexibility index (Phi) is 6.37. The average Bonchev–Trinajstić information content (AvgIpc) is 3.02. The van der Waals surface area contributed by atoms with Crippen LogP contribution < -0.4 is 10.6 Å². The van der Waals surface area contributed by atoms with E-state index in [0.29, 0.717) is 12.5 Å². The fraction of sp³-hybridized carbons (Fsp3) is 0.348. The summed E-state index contributed by atoms with van der Waals surface area (Å²) in [5.74, 6) is 0.592. The van der Waals surface area contributed by atoms with Crippen LogP contribution in [0.1, 0.15) is 25.0 Å². The van der Waals surface area contributed by atoms with Crippen molar-refractivity contribution in [3.63, 3.8) is 0 Å². The minimum Gasteiger partial charge on any atom is -0.347 e. The van der Waals surface area contributed by atoms with Crippen molar-refractivity contribution in [3.8, 4) is 0 Å². The van der Waals surface area contributed by atoms with Gasteiger partial charge < -0.3 is 20.1 Å². The van der Waals surface area contributed by atoms with Crippen molar-refractivity contribution in [3.05, 3.63) is 65.9 Å². The molecule has 0 bridgehead atoms. The number of nitrogens with one attached hydrogen (secondary N) is 2. The topological polar surface area (TPSA) is 49.3 Å². The summed E-state index contributed by atoms with van der Waals surface area (Å²) >= 11 is 0. The quantitative estimate of drug-likeness (QED) is 0.627. The van der Waals surface area contributed by atoms with Crippen molar-refractivity contribution in [1.82, 2.24) is 14.8 Å². The van der Waals surface area contributed by atoms with Crippen LogP contribution in [0, 0.1) is 5.92 Å². The SMILES string of the molecule is CC(C)Cn1ccc2cc(NC(=O)NCc3ccccc3CN(C)C)ccc21. The highest BCUT2D eigenvalue weighted by atomic mass is 16.2. The maximum absolute atomic E-state index is 12.4. The standard InChI is InChI=1S/C23H30N4O/c1-17(2)15-27-12-11-18-13-21(9-10-22(18)27)25-23(28)24-14-19-7-5-6-8-20(19)16-26(3)4/h5-13,17H,14-16H2,1-4H3,(H2,24,25,28). The summed E-state index contributed by atoms with van der Waals surface area (Å²) in [6.07, 6.45) is 2.11. The molecule has 0 radical (unpaired) electrons. The molecule has 0 aliphatic rings. The number of amides is 2. The molecule has 2 N–H and O–H groups in total. The Hall–Kier alpha value is -2.79. The van der Waals surface area contributed by atoms with Gasteiger partial charge in [-0.15, -0.1) is 0 Å². The molecule has 3 rings (SSSR count). The van der Waals surface area contributed by atoms with E-state index >= 15 is 0 Å². The summed E-state index contributed by atoms with van der Waals surface area (Å²) in [6.45, 7) is 6.76. The lowest BCUT2D eigenvalue weighted by Gasteiger charge is -2.15. The van der Waals surface area contributed by atoms with Crippen molar-refractivity contribution >= 4 is 22.6 Å². The normalized spacial score (nSPS) is 11.4. The number of urea groups is 1. The number of carbonyl (C=O) groups is 1. The summed E-state index contributed by atoms with van der Waals surface area (Å²) in [5.41, 5.74) is 4.35. The summed E-state index contributed by atoms with van der Waals surface area (Å²) in [6, 6.07) is 16.1. The second-order valence-electron chi connectivity index (χ2n) is 7.95. The van der Waals surface area contributed by atoms with E-state index in [1.54, 1.807) is 0 Å². The van der Waals surface area contributed by atoms with Crippen LogP contribution in [0.15, 0.2) is 54.7 Å². The molecule has 5 heteroatoms. The van der Waals surface area contributed by atoms with Crippen LogP contribution in [0.5, 0.6) is 0 Å². The summed E-state index contributed by atoms with van der Waals surface area (Å²) < 4.78 is 2.26. The van der Waals surface area contributed by atoms with Crippen LogP contribution in [-0.2, 0) is 19.6 Å². The largest absolute Gasteiger partial charge is 0.347 e. The molecule has 0 saturated carbocycles. The molecule has 28 heavy (non-hydrogen) atoms. The Bertz CT molecular complexity index is 943. The van der Waals surface area contributed by atoms with Crippen LogP contribution in [0.2, 0.25) is 0 Å². The number of hydrogen-bond acceptors (Lipinski definition) is 2. The lowest BCUT2D eigenvalue weighted by Crippen LogP contribution is -2.28. The van der Waals surface area contributed by atoms with Crippen molar-refractivity contribution < 1.29 is 4.79 Å². The van der Waals surface area contributed by atoms with Gasteiger partial charge in [-0.1, -0.05) is 38.1 Å². The zero-order valence-electron chi connectivity index (χ0n) is 17.2. The molecule has 2 aromatic carbocycles. The fourth-order valence-electron chi connectivity index (χ4n) is 3.41. The van der Waals surface area contributed by atoms with E-state index in [2.05, 4.69) is 64.4 Å². The van der Waals surface area contributed by atoms with Crippen molar-refractivity contribution in [2.45, 2.75) is 33.5 Å². The van der Waals surface area contributed by atoms with Gasteiger partial charge in [0, 0.05) is 42.4 Å². The lowest BCUT2D eigenvalue weighted by molar-refractivity contribution is 0.251. The fourth-order valence-corrected chi connectivity index (χ4v) is 3.41. The number of aromatic nitrogens is 1. The molecule has 0 saturated heterocycles. The second-order valence-corrected chi connectivity index (χ2v) is 7.95. The maximum atomic E-state index is 12.4. The molecule has 0 spiro atoms. The van der Waals surface area contributed by atoms with Crippen LogP contribution in [0.25, 0.3) is 10.9 Å². The number of anilines is 1. The van der Waals surface area contributed by atoms with Gasteiger partial charge in [-0.2, -0.15) is 0 Å². The first-order valence-corrected chi connectivity index (χ1v) is 9.77. The Balaban J connectivity index is 1.62. The molecule has 3 aromatic rings. The minimum absolute atomic E-state index is 0.194. The highest BCUT2D eigenvalue weighted by Gasteiger charge is 2.08. The van der Waals surface area contributed by atoms with Crippen LogP contribution in [-0.4, -0.2) is 29.6 Å². The number of fused-ring (bicyclic) bond motifs is 1. The Labute approximate surface area is 167 Å². The van der Waals surface area contributed by atoms with Crippen LogP contribution in [0.3, 0.4) is 0 Å². The van der Waals surface area contributed by atoms with Gasteiger partial charge in [0.1, 0.15) is 0 Å². The van der Waals surface area contributed by atoms with E-state index < -0.39 is 0 Å². The predicted molar refractivity (Wildman–Crippen MR) is 116 cm³/mol. The maximum Gasteiger partial charge on any atom is 0.319 e. The third kappa shape index (κ3) is 5.14. The van der Waals surface area contributed by atoms with Crippen molar-refractivity contribution in [2.24, 2.45) is 5.92 Å². The molecule has 0 unspecified atom stereocenters. The monoisotopic (exact) mass is 378 g/mol. The van der Waals surface area contributed by atoms with Crippen LogP contribution >= 0.6 is 0 Å². The molecule has 1 heterocycles. The van der Waals surface area contributed by atoms with E-state index in [-0.39, 0.29) is 6.03 Å². The zero-order valence-corrected chi connectivity index (χ0v) is 17.2. The number of rotatable bonds is 7. The lowest BCUT2D eigenvalue weighted by atomic mass is 10.1. The molecule has 5 nitrogen and oxygen atoms in total. The molecule has 0 fully saturated rings. The Morgan fingerprint density at radius 3 is 2.54 bits per heavy atom. The van der Waals surface area contributed by atoms with Gasteiger partial charge in [0.15, 0.2) is 0 Å². The highest BCUT2D eigenvalue weighted by molar-refractivity contribution is 5.92. The molecule has 2 amide bonds. The predicted octanol–water partition coefficient (Wildman–Crippen LogP) is 4.68. The van der Waals surface area contributed by atoms with Gasteiger partial charge in [-0.25, -0.2) is 4.79 Å². The van der Waals surface area contributed by atoms with Crippen molar-refractivity contribution in [2.75, 3.05) is 19.4 Å². The van der Waals surface area contributed by atoms with Crippen LogP contribution in [0.4, 0.5) is 10.5 Å². The van der Waals surface area contributed by atoms with Crippen molar-refractivity contribution in [1.29, 1.82) is 0 Å². The third-order valence-corrected chi connectivity index (χ3v) is 4.64. The molecule has 148 valence electrons. The molecule has 0 atom stereocenters. The first kappa shape index (κ1) is 20.0. The van der Waals surface area contributed by atoms with E-state index in [1.165, 1.54) is 11.1 Å². The van der Waals surface area contributed by atoms with E-state index in [9.17, 15) is 4.79 Å². The zero-order chi connectivity index (χ0) is 20.1. The summed E-state index contributed by atoms with van der Waals surface area (Å²) in [5, 5.41) is 7.05. The second kappa shape index (κ2) is 8.93. The first-order valence-electron chi connectivity index (χ1n) is 9.77. The number of benzene rings is 2. The van der Waals surface area contributed by atoms with Gasteiger partial charge in [0.05, 0.1) is 0 Å².